The van der Waals surface area contributed by atoms with Gasteiger partial charge in [-0.3, -0.25) is 4.79 Å². The molecule has 2 rings (SSSR count). The summed E-state index contributed by atoms with van der Waals surface area (Å²) in [5.74, 6) is 1.19. The Morgan fingerprint density at radius 1 is 1.38 bits per heavy atom. The van der Waals surface area contributed by atoms with Gasteiger partial charge in [0.25, 0.3) is 0 Å². The molecule has 1 fully saturated rings. The summed E-state index contributed by atoms with van der Waals surface area (Å²) in [6.45, 7) is 2.35. The second-order valence-corrected chi connectivity index (χ2v) is 6.14. The van der Waals surface area contributed by atoms with Gasteiger partial charge in [-0.25, -0.2) is 0 Å². The zero-order valence-corrected chi connectivity index (χ0v) is 15.2. The zero-order chi connectivity index (χ0) is 14.4. The van der Waals surface area contributed by atoms with E-state index < -0.39 is 0 Å². The van der Waals surface area contributed by atoms with E-state index in [4.69, 9.17) is 4.74 Å². The first-order valence-electron chi connectivity index (χ1n) is 7.04. The number of rotatable bonds is 5. The van der Waals surface area contributed by atoms with Gasteiger partial charge in [-0.15, -0.1) is 12.4 Å². The number of piperidine rings is 1. The van der Waals surface area contributed by atoms with Gasteiger partial charge in [0.05, 0.1) is 3.57 Å². The van der Waals surface area contributed by atoms with Crippen molar-refractivity contribution in [2.45, 2.75) is 25.4 Å². The highest BCUT2D eigenvalue weighted by Crippen LogP contribution is 2.24. The fourth-order valence-electron chi connectivity index (χ4n) is 2.33. The fraction of sp³-hybridized carbons (Fsp3) is 0.533. The number of amides is 1. The summed E-state index contributed by atoms with van der Waals surface area (Å²) in [4.78, 5) is 13.9. The van der Waals surface area contributed by atoms with Crippen LogP contribution in [0.4, 0.5) is 0 Å². The molecule has 0 unspecified atom stereocenters. The molecule has 0 aromatic heterocycles. The van der Waals surface area contributed by atoms with Gasteiger partial charge in [0.15, 0.2) is 0 Å². The van der Waals surface area contributed by atoms with Crippen LogP contribution in [0, 0.1) is 3.57 Å². The van der Waals surface area contributed by atoms with E-state index in [1.54, 1.807) is 0 Å². The fourth-order valence-corrected chi connectivity index (χ4v) is 2.85. The van der Waals surface area contributed by atoms with E-state index >= 15 is 0 Å². The Bertz CT molecular complexity index is 451. The van der Waals surface area contributed by atoms with Crippen molar-refractivity contribution in [3.63, 3.8) is 0 Å². The van der Waals surface area contributed by atoms with Crippen LogP contribution in [0.2, 0.25) is 0 Å². The molecule has 0 radical (unpaired) electrons. The van der Waals surface area contributed by atoms with Gasteiger partial charge in [-0.1, -0.05) is 12.1 Å². The molecule has 4 nitrogen and oxygen atoms in total. The van der Waals surface area contributed by atoms with Crippen LogP contribution < -0.4 is 10.1 Å². The molecular formula is C15H22ClIN2O2. The Labute approximate surface area is 146 Å². The van der Waals surface area contributed by atoms with Crippen molar-refractivity contribution < 1.29 is 9.53 Å². The molecule has 1 heterocycles. The van der Waals surface area contributed by atoms with Crippen LogP contribution in [0.5, 0.6) is 5.75 Å². The lowest BCUT2D eigenvalue weighted by atomic mass is 10.1. The number of para-hydroxylation sites is 1. The maximum atomic E-state index is 11.9. The van der Waals surface area contributed by atoms with Crippen molar-refractivity contribution in [2.24, 2.45) is 0 Å². The highest BCUT2D eigenvalue weighted by Gasteiger charge is 2.23. The molecule has 21 heavy (non-hydrogen) atoms. The molecule has 0 bridgehead atoms. The number of likely N-dealkylation sites (tertiary alicyclic amines) is 1. The van der Waals surface area contributed by atoms with Crippen LogP contribution >= 0.6 is 35.0 Å². The predicted molar refractivity (Wildman–Crippen MR) is 95.2 cm³/mol. The number of hydrogen-bond acceptors (Lipinski definition) is 3. The van der Waals surface area contributed by atoms with Crippen LogP contribution in [-0.2, 0) is 4.79 Å². The topological polar surface area (TPSA) is 41.6 Å². The number of benzene rings is 1. The van der Waals surface area contributed by atoms with E-state index in [0.717, 1.165) is 41.8 Å². The Morgan fingerprint density at radius 2 is 2.05 bits per heavy atom. The molecular weight excluding hydrogens is 403 g/mol. The first-order chi connectivity index (χ1) is 9.70. The SMILES string of the molecule is CNCCC(=O)N1CCC(Oc2ccccc2I)CC1.Cl. The minimum atomic E-state index is 0. The van der Waals surface area contributed by atoms with E-state index in [0.29, 0.717) is 6.42 Å². The third-order valence-electron chi connectivity index (χ3n) is 3.51. The quantitative estimate of drug-likeness (QED) is 0.739. The summed E-state index contributed by atoms with van der Waals surface area (Å²) in [6, 6.07) is 8.06. The molecule has 1 aromatic rings. The van der Waals surface area contributed by atoms with Crippen molar-refractivity contribution in [1.29, 1.82) is 0 Å². The number of nitrogens with one attached hydrogen (secondary N) is 1. The van der Waals surface area contributed by atoms with E-state index in [1.165, 1.54) is 0 Å². The summed E-state index contributed by atoms with van der Waals surface area (Å²) in [5, 5.41) is 3.01. The normalized spacial score (nSPS) is 15.4. The average molecular weight is 425 g/mol. The largest absolute Gasteiger partial charge is 0.489 e. The van der Waals surface area contributed by atoms with Crippen molar-refractivity contribution in [2.75, 3.05) is 26.7 Å². The second kappa shape index (κ2) is 9.48. The summed E-state index contributed by atoms with van der Waals surface area (Å²) in [5.41, 5.74) is 0. The van der Waals surface area contributed by atoms with Crippen molar-refractivity contribution in [1.82, 2.24) is 10.2 Å². The summed E-state index contributed by atoms with van der Waals surface area (Å²) in [7, 11) is 1.87. The first kappa shape index (κ1) is 18.5. The van der Waals surface area contributed by atoms with Gasteiger partial charge in [0.1, 0.15) is 11.9 Å². The minimum absolute atomic E-state index is 0. The van der Waals surface area contributed by atoms with E-state index in [9.17, 15) is 4.79 Å². The molecule has 1 saturated heterocycles. The molecule has 0 saturated carbocycles. The summed E-state index contributed by atoms with van der Waals surface area (Å²) < 4.78 is 7.17. The van der Waals surface area contributed by atoms with E-state index in [1.807, 2.05) is 36.2 Å². The Kier molecular flexibility index (Phi) is 8.36. The van der Waals surface area contributed by atoms with Crippen molar-refractivity contribution in [3.05, 3.63) is 27.8 Å². The Morgan fingerprint density at radius 3 is 2.67 bits per heavy atom. The minimum Gasteiger partial charge on any atom is -0.489 e. The van der Waals surface area contributed by atoms with Crippen LogP contribution in [0.25, 0.3) is 0 Å². The van der Waals surface area contributed by atoms with Crippen molar-refractivity contribution in [3.8, 4) is 5.75 Å². The predicted octanol–water partition coefficient (Wildman–Crippen LogP) is 2.69. The molecule has 118 valence electrons. The summed E-state index contributed by atoms with van der Waals surface area (Å²) in [6.07, 6.45) is 2.63. The second-order valence-electron chi connectivity index (χ2n) is 4.98. The first-order valence-corrected chi connectivity index (χ1v) is 8.12. The highest BCUT2D eigenvalue weighted by molar-refractivity contribution is 14.1. The lowest BCUT2D eigenvalue weighted by Crippen LogP contribution is -2.42. The van der Waals surface area contributed by atoms with Crippen LogP contribution in [0.1, 0.15) is 19.3 Å². The van der Waals surface area contributed by atoms with Gasteiger partial charge in [0, 0.05) is 38.9 Å². The third kappa shape index (κ3) is 5.64. The van der Waals surface area contributed by atoms with Crippen LogP contribution in [0.15, 0.2) is 24.3 Å². The maximum absolute atomic E-state index is 11.9. The molecule has 0 aliphatic carbocycles. The lowest BCUT2D eigenvalue weighted by molar-refractivity contribution is -0.132. The van der Waals surface area contributed by atoms with Crippen LogP contribution in [0.3, 0.4) is 0 Å². The molecule has 1 aliphatic rings. The number of nitrogens with zero attached hydrogens (tertiary/aromatic N) is 1. The molecule has 1 aliphatic heterocycles. The number of carbonyl (C=O) groups excluding carboxylic acids is 1. The molecule has 1 amide bonds. The van der Waals surface area contributed by atoms with Gasteiger partial charge in [-0.05, 0) is 41.8 Å². The Balaban J connectivity index is 0.00000220. The number of ether oxygens (including phenoxy) is 1. The molecule has 6 heteroatoms. The standard InChI is InChI=1S/C15H21IN2O2.ClH/c1-17-9-6-15(19)18-10-7-12(8-11-18)20-14-5-3-2-4-13(14)16;/h2-5,12,17H,6-11H2,1H3;1H. The third-order valence-corrected chi connectivity index (χ3v) is 4.41. The van der Waals surface area contributed by atoms with Crippen LogP contribution in [-0.4, -0.2) is 43.6 Å². The lowest BCUT2D eigenvalue weighted by Gasteiger charge is -2.32. The Hall–Kier alpha value is -0.530. The zero-order valence-electron chi connectivity index (χ0n) is 12.2. The molecule has 0 atom stereocenters. The van der Waals surface area contributed by atoms with Gasteiger partial charge >= 0.3 is 0 Å². The van der Waals surface area contributed by atoms with Gasteiger partial charge < -0.3 is 15.0 Å². The van der Waals surface area contributed by atoms with E-state index in [-0.39, 0.29) is 24.4 Å². The smallest absolute Gasteiger partial charge is 0.223 e. The van der Waals surface area contributed by atoms with E-state index in [2.05, 4.69) is 27.9 Å². The molecule has 1 aromatic carbocycles. The number of halogens is 2. The average Bonchev–Trinajstić information content (AvgIpc) is 2.48. The summed E-state index contributed by atoms with van der Waals surface area (Å²) >= 11 is 2.29. The monoisotopic (exact) mass is 424 g/mol. The highest BCUT2D eigenvalue weighted by atomic mass is 127. The van der Waals surface area contributed by atoms with Gasteiger partial charge in [0.2, 0.25) is 5.91 Å². The number of carbonyl (C=O) groups is 1. The molecule has 0 spiro atoms. The molecule has 1 N–H and O–H groups in total. The number of hydrogen-bond donors (Lipinski definition) is 1. The van der Waals surface area contributed by atoms with Gasteiger partial charge in [-0.2, -0.15) is 0 Å². The van der Waals surface area contributed by atoms with Crippen molar-refractivity contribution >= 4 is 40.9 Å². The maximum Gasteiger partial charge on any atom is 0.223 e.